The fourth-order valence-corrected chi connectivity index (χ4v) is 3.33. The first-order valence-corrected chi connectivity index (χ1v) is 10.4. The molecule has 0 atom stereocenters. The molecule has 3 rings (SSSR count). The topological polar surface area (TPSA) is 65.0 Å². The molecule has 1 heterocycles. The lowest BCUT2D eigenvalue weighted by Crippen LogP contribution is -2.00. The van der Waals surface area contributed by atoms with E-state index in [9.17, 15) is 0 Å². The minimum Gasteiger partial charge on any atom is -0.496 e. The number of benzene rings is 2. The number of thiazole rings is 1. The van der Waals surface area contributed by atoms with Crippen molar-refractivity contribution >= 4 is 22.7 Å². The van der Waals surface area contributed by atoms with Crippen molar-refractivity contribution in [3.63, 3.8) is 0 Å². The van der Waals surface area contributed by atoms with Crippen LogP contribution in [0.5, 0.6) is 17.2 Å². The van der Waals surface area contributed by atoms with Crippen LogP contribution in [0.1, 0.15) is 25.8 Å². The van der Waals surface area contributed by atoms with Crippen molar-refractivity contribution in [1.82, 2.24) is 4.98 Å². The molecule has 0 fully saturated rings. The van der Waals surface area contributed by atoms with Crippen LogP contribution >= 0.6 is 11.3 Å². The molecular formula is C22H25N3O3S. The zero-order valence-electron chi connectivity index (χ0n) is 16.8. The Labute approximate surface area is 175 Å². The minimum atomic E-state index is 0.576. The van der Waals surface area contributed by atoms with Gasteiger partial charge < -0.3 is 14.2 Å². The predicted molar refractivity (Wildman–Crippen MR) is 119 cm³/mol. The minimum absolute atomic E-state index is 0.576. The summed E-state index contributed by atoms with van der Waals surface area (Å²) in [7, 11) is 1.66. The number of hydrazone groups is 1. The van der Waals surface area contributed by atoms with E-state index in [4.69, 9.17) is 14.2 Å². The van der Waals surface area contributed by atoms with E-state index in [1.165, 1.54) is 11.3 Å². The molecule has 0 saturated heterocycles. The third-order valence-corrected chi connectivity index (χ3v) is 4.74. The number of aromatic nitrogens is 1. The lowest BCUT2D eigenvalue weighted by atomic mass is 10.1. The second-order valence-electron chi connectivity index (χ2n) is 6.10. The van der Waals surface area contributed by atoms with Gasteiger partial charge in [0.05, 0.1) is 32.2 Å². The normalized spacial score (nSPS) is 10.9. The number of nitrogens with zero attached hydrogens (tertiary/aromatic N) is 2. The van der Waals surface area contributed by atoms with Gasteiger partial charge in [0.1, 0.15) is 5.75 Å². The first kappa shape index (κ1) is 20.7. The SMILES string of the molecule is CCCOc1ccc(/C=N\Nc2nc(-c3ccccc3OC)cs2)cc1OCC. The standard InChI is InChI=1S/C22H25N3O3S/c1-4-12-28-20-11-10-16(13-21(20)27-5-2)14-23-25-22-24-18(15-29-22)17-8-6-7-9-19(17)26-3/h6-11,13-15H,4-5,12H2,1-3H3,(H,24,25)/b23-14-. The van der Waals surface area contributed by atoms with Gasteiger partial charge in [0.25, 0.3) is 0 Å². The average Bonchev–Trinajstić information content (AvgIpc) is 3.22. The van der Waals surface area contributed by atoms with Gasteiger partial charge in [-0.15, -0.1) is 11.3 Å². The van der Waals surface area contributed by atoms with Crippen LogP contribution in [-0.4, -0.2) is 31.5 Å². The molecule has 1 N–H and O–H groups in total. The lowest BCUT2D eigenvalue weighted by Gasteiger charge is -2.11. The van der Waals surface area contributed by atoms with Crippen molar-refractivity contribution in [2.45, 2.75) is 20.3 Å². The van der Waals surface area contributed by atoms with Gasteiger partial charge in [0.2, 0.25) is 5.13 Å². The van der Waals surface area contributed by atoms with Crippen molar-refractivity contribution in [3.05, 3.63) is 53.4 Å². The first-order chi connectivity index (χ1) is 14.2. The van der Waals surface area contributed by atoms with Gasteiger partial charge >= 0.3 is 0 Å². The monoisotopic (exact) mass is 411 g/mol. The molecule has 0 aliphatic rings. The smallest absolute Gasteiger partial charge is 0.203 e. The maximum Gasteiger partial charge on any atom is 0.203 e. The summed E-state index contributed by atoms with van der Waals surface area (Å²) in [5, 5.41) is 6.98. The quantitative estimate of drug-likeness (QED) is 0.355. The highest BCUT2D eigenvalue weighted by Gasteiger charge is 2.09. The number of para-hydroxylation sites is 1. The van der Waals surface area contributed by atoms with Crippen LogP contribution in [0.3, 0.4) is 0 Å². The second-order valence-corrected chi connectivity index (χ2v) is 6.95. The van der Waals surface area contributed by atoms with Crippen molar-refractivity contribution < 1.29 is 14.2 Å². The third-order valence-electron chi connectivity index (χ3n) is 3.99. The molecule has 1 aromatic heterocycles. The van der Waals surface area contributed by atoms with E-state index in [1.807, 2.05) is 54.8 Å². The van der Waals surface area contributed by atoms with Crippen LogP contribution in [0.25, 0.3) is 11.3 Å². The molecular weight excluding hydrogens is 386 g/mol. The number of ether oxygens (including phenoxy) is 3. The van der Waals surface area contributed by atoms with Gasteiger partial charge in [-0.05, 0) is 49.2 Å². The van der Waals surface area contributed by atoms with Crippen LogP contribution in [0.2, 0.25) is 0 Å². The molecule has 0 spiro atoms. The number of methoxy groups -OCH3 is 1. The maximum atomic E-state index is 5.73. The van der Waals surface area contributed by atoms with Gasteiger partial charge in [-0.25, -0.2) is 4.98 Å². The third kappa shape index (κ3) is 5.48. The molecule has 0 aliphatic heterocycles. The molecule has 6 nitrogen and oxygen atoms in total. The molecule has 2 aromatic carbocycles. The Morgan fingerprint density at radius 1 is 1.07 bits per heavy atom. The summed E-state index contributed by atoms with van der Waals surface area (Å²) in [5.41, 5.74) is 5.69. The number of hydrogen-bond acceptors (Lipinski definition) is 7. The van der Waals surface area contributed by atoms with Gasteiger partial charge in [0.15, 0.2) is 11.5 Å². The van der Waals surface area contributed by atoms with E-state index in [0.29, 0.717) is 18.3 Å². The summed E-state index contributed by atoms with van der Waals surface area (Å²) in [6.45, 7) is 5.26. The van der Waals surface area contributed by atoms with Gasteiger partial charge in [-0.2, -0.15) is 5.10 Å². The summed E-state index contributed by atoms with van der Waals surface area (Å²) in [4.78, 5) is 4.58. The van der Waals surface area contributed by atoms with Crippen LogP contribution in [0, 0.1) is 0 Å². The van der Waals surface area contributed by atoms with E-state index in [2.05, 4.69) is 22.4 Å². The molecule has 152 valence electrons. The Bertz CT molecular complexity index is 956. The van der Waals surface area contributed by atoms with E-state index < -0.39 is 0 Å². The highest BCUT2D eigenvalue weighted by atomic mass is 32.1. The lowest BCUT2D eigenvalue weighted by molar-refractivity contribution is 0.277. The number of anilines is 1. The Hall–Kier alpha value is -3.06. The summed E-state index contributed by atoms with van der Waals surface area (Å²) in [5.74, 6) is 2.26. The van der Waals surface area contributed by atoms with Gasteiger partial charge in [-0.1, -0.05) is 19.1 Å². The fourth-order valence-electron chi connectivity index (χ4n) is 2.67. The summed E-state index contributed by atoms with van der Waals surface area (Å²) in [6, 6.07) is 13.6. The van der Waals surface area contributed by atoms with Crippen molar-refractivity contribution in [1.29, 1.82) is 0 Å². The van der Waals surface area contributed by atoms with Crippen molar-refractivity contribution in [2.24, 2.45) is 5.10 Å². The fraction of sp³-hybridized carbons (Fsp3) is 0.273. The van der Waals surface area contributed by atoms with Gasteiger partial charge in [0, 0.05) is 10.9 Å². The van der Waals surface area contributed by atoms with E-state index in [-0.39, 0.29) is 0 Å². The number of rotatable bonds is 10. The van der Waals surface area contributed by atoms with Crippen molar-refractivity contribution in [2.75, 3.05) is 25.7 Å². The first-order valence-electron chi connectivity index (χ1n) is 9.52. The molecule has 0 unspecified atom stereocenters. The summed E-state index contributed by atoms with van der Waals surface area (Å²) in [6.07, 6.45) is 2.68. The van der Waals surface area contributed by atoms with Gasteiger partial charge in [-0.3, -0.25) is 5.43 Å². The zero-order valence-corrected chi connectivity index (χ0v) is 17.7. The van der Waals surface area contributed by atoms with Crippen LogP contribution in [-0.2, 0) is 0 Å². The maximum absolute atomic E-state index is 5.73. The van der Waals surface area contributed by atoms with Crippen LogP contribution in [0.15, 0.2) is 52.9 Å². The molecule has 3 aromatic rings. The van der Waals surface area contributed by atoms with Crippen LogP contribution < -0.4 is 19.6 Å². The summed E-state index contributed by atoms with van der Waals surface area (Å²) >= 11 is 1.49. The molecule has 0 saturated carbocycles. The highest BCUT2D eigenvalue weighted by Crippen LogP contribution is 2.32. The predicted octanol–water partition coefficient (Wildman–Crippen LogP) is 5.45. The largest absolute Gasteiger partial charge is 0.496 e. The second kappa shape index (κ2) is 10.5. The molecule has 0 amide bonds. The Morgan fingerprint density at radius 2 is 1.93 bits per heavy atom. The Kier molecular flexibility index (Phi) is 7.47. The Balaban J connectivity index is 1.68. The van der Waals surface area contributed by atoms with E-state index in [0.717, 1.165) is 40.5 Å². The molecule has 7 heteroatoms. The molecule has 0 bridgehead atoms. The highest BCUT2D eigenvalue weighted by molar-refractivity contribution is 7.14. The average molecular weight is 412 g/mol. The number of hydrogen-bond donors (Lipinski definition) is 1. The molecule has 29 heavy (non-hydrogen) atoms. The van der Waals surface area contributed by atoms with Crippen LogP contribution in [0.4, 0.5) is 5.13 Å². The molecule has 0 aliphatic carbocycles. The van der Waals surface area contributed by atoms with E-state index >= 15 is 0 Å². The summed E-state index contributed by atoms with van der Waals surface area (Å²) < 4.78 is 16.8. The molecule has 0 radical (unpaired) electrons. The van der Waals surface area contributed by atoms with Crippen molar-refractivity contribution in [3.8, 4) is 28.5 Å². The van der Waals surface area contributed by atoms with E-state index in [1.54, 1.807) is 13.3 Å². The zero-order chi connectivity index (χ0) is 20.5. The Morgan fingerprint density at radius 3 is 2.72 bits per heavy atom. The number of nitrogens with one attached hydrogen (secondary N) is 1.